The van der Waals surface area contributed by atoms with E-state index in [9.17, 15) is 0 Å². The van der Waals surface area contributed by atoms with Crippen LogP contribution in [0.4, 0.5) is 0 Å². The molecule has 0 atom stereocenters. The van der Waals surface area contributed by atoms with Crippen molar-refractivity contribution < 1.29 is 8.83 Å². The monoisotopic (exact) mass is 694 g/mol. The highest BCUT2D eigenvalue weighted by atomic mass is 16.4. The highest BCUT2D eigenvalue weighted by molar-refractivity contribution is 5.82. The molecule has 52 heavy (non-hydrogen) atoms. The van der Waals surface area contributed by atoms with Crippen LogP contribution in [0, 0.1) is 0 Å². The van der Waals surface area contributed by atoms with E-state index in [0.29, 0.717) is 11.8 Å². The number of oxazole rings is 2. The van der Waals surface area contributed by atoms with E-state index in [-0.39, 0.29) is 0 Å². The first-order valence-electron chi connectivity index (χ1n) is 20.3. The van der Waals surface area contributed by atoms with Gasteiger partial charge >= 0.3 is 0 Å². The van der Waals surface area contributed by atoms with E-state index in [1.165, 1.54) is 99.3 Å². The first-order chi connectivity index (χ1) is 25.6. The van der Waals surface area contributed by atoms with Crippen molar-refractivity contribution in [3.8, 4) is 22.9 Å². The molecule has 0 bridgehead atoms. The van der Waals surface area contributed by atoms with Gasteiger partial charge < -0.3 is 8.83 Å². The molecule has 272 valence electrons. The Bertz CT molecular complexity index is 1880. The van der Waals surface area contributed by atoms with E-state index in [1.54, 1.807) is 0 Å². The van der Waals surface area contributed by atoms with Gasteiger partial charge in [0.1, 0.15) is 11.0 Å². The van der Waals surface area contributed by atoms with Crippen LogP contribution in [0.1, 0.15) is 138 Å². The van der Waals surface area contributed by atoms with Crippen LogP contribution < -0.4 is 0 Å². The SMILES string of the molecule is CCCCCc1cc(CCCCC)c2oc(-c3ccc(/C=C/c4ccc(-c5nc6cc(CCCCC)cc(CCCCC)c6o5)cc4)cc3)nc2c1. The molecule has 6 aromatic rings. The van der Waals surface area contributed by atoms with Gasteiger partial charge in [0.15, 0.2) is 11.2 Å². The molecule has 0 saturated carbocycles. The molecule has 2 aromatic heterocycles. The minimum atomic E-state index is 0.698. The third-order valence-corrected chi connectivity index (χ3v) is 10.3. The topological polar surface area (TPSA) is 52.1 Å². The van der Waals surface area contributed by atoms with Gasteiger partial charge in [-0.2, -0.15) is 0 Å². The number of aryl methyl sites for hydroxylation is 4. The van der Waals surface area contributed by atoms with Crippen LogP contribution in [-0.4, -0.2) is 9.97 Å². The molecule has 0 saturated heterocycles. The molecule has 0 N–H and O–H groups in total. The second-order valence-electron chi connectivity index (χ2n) is 14.7. The third kappa shape index (κ3) is 9.70. The van der Waals surface area contributed by atoms with Crippen molar-refractivity contribution in [2.45, 2.75) is 130 Å². The Morgan fingerprint density at radius 2 is 0.808 bits per heavy atom. The van der Waals surface area contributed by atoms with Gasteiger partial charge in [-0.1, -0.05) is 128 Å². The molecule has 0 spiro atoms. The van der Waals surface area contributed by atoms with Crippen LogP contribution in [0.3, 0.4) is 0 Å². The van der Waals surface area contributed by atoms with E-state index >= 15 is 0 Å². The predicted molar refractivity (Wildman–Crippen MR) is 221 cm³/mol. The summed E-state index contributed by atoms with van der Waals surface area (Å²) in [6.07, 6.45) is 23.3. The van der Waals surface area contributed by atoms with Crippen LogP contribution in [0.25, 0.3) is 57.3 Å². The van der Waals surface area contributed by atoms with Crippen molar-refractivity contribution >= 4 is 34.4 Å². The first-order valence-corrected chi connectivity index (χ1v) is 20.3. The predicted octanol–water partition coefficient (Wildman–Crippen LogP) is 14.4. The molecule has 0 radical (unpaired) electrons. The maximum Gasteiger partial charge on any atom is 0.227 e. The number of benzene rings is 4. The minimum absolute atomic E-state index is 0.698. The van der Waals surface area contributed by atoms with Crippen molar-refractivity contribution in [1.29, 1.82) is 0 Å². The van der Waals surface area contributed by atoms with Crippen LogP contribution in [0.5, 0.6) is 0 Å². The smallest absolute Gasteiger partial charge is 0.227 e. The van der Waals surface area contributed by atoms with Gasteiger partial charge in [-0.05, 0) is 121 Å². The molecule has 4 nitrogen and oxygen atoms in total. The average Bonchev–Trinajstić information content (AvgIpc) is 3.80. The normalized spacial score (nSPS) is 11.8. The summed E-state index contributed by atoms with van der Waals surface area (Å²) in [6, 6.07) is 26.2. The molecule has 4 aromatic carbocycles. The lowest BCUT2D eigenvalue weighted by molar-refractivity contribution is 0.610. The Hall–Kier alpha value is -4.44. The zero-order valence-corrected chi connectivity index (χ0v) is 32.1. The maximum absolute atomic E-state index is 6.44. The lowest BCUT2D eigenvalue weighted by Gasteiger charge is -2.06. The molecule has 0 amide bonds. The van der Waals surface area contributed by atoms with E-state index in [1.807, 2.05) is 0 Å². The van der Waals surface area contributed by atoms with Gasteiger partial charge in [0.2, 0.25) is 11.8 Å². The molecule has 0 aliphatic heterocycles. The molecule has 0 fully saturated rings. The Kier molecular flexibility index (Phi) is 13.5. The zero-order valence-electron chi connectivity index (χ0n) is 32.1. The van der Waals surface area contributed by atoms with Crippen LogP contribution in [0.15, 0.2) is 81.6 Å². The quantitative estimate of drug-likeness (QED) is 0.0589. The Morgan fingerprint density at radius 1 is 0.442 bits per heavy atom. The molecule has 0 aliphatic carbocycles. The second kappa shape index (κ2) is 18.9. The van der Waals surface area contributed by atoms with Crippen molar-refractivity contribution in [2.24, 2.45) is 0 Å². The maximum atomic E-state index is 6.44. The lowest BCUT2D eigenvalue weighted by atomic mass is 10.00. The highest BCUT2D eigenvalue weighted by Gasteiger charge is 2.15. The second-order valence-corrected chi connectivity index (χ2v) is 14.7. The van der Waals surface area contributed by atoms with Gasteiger partial charge in [-0.25, -0.2) is 9.97 Å². The van der Waals surface area contributed by atoms with Crippen LogP contribution in [-0.2, 0) is 25.7 Å². The number of fused-ring (bicyclic) bond motifs is 2. The standard InChI is InChI=1S/C48H58N2O2/c1-5-9-13-17-37-31-41(19-15-11-7-3)45-43(33-37)49-47(51-45)39-27-23-35(24-28-39)21-22-36-25-29-40(30-26-36)48-50-44-34-38(18-14-10-6-2)32-42(46(44)52-48)20-16-12-8-4/h21-34H,5-20H2,1-4H3/b22-21+. The summed E-state index contributed by atoms with van der Waals surface area (Å²) in [7, 11) is 0. The van der Waals surface area contributed by atoms with Gasteiger partial charge in [0.25, 0.3) is 0 Å². The van der Waals surface area contributed by atoms with Crippen molar-refractivity contribution in [1.82, 2.24) is 9.97 Å². The number of rotatable bonds is 20. The molecule has 2 heterocycles. The molecule has 0 unspecified atom stereocenters. The first kappa shape index (κ1) is 37.3. The Labute approximate surface area is 311 Å². The Morgan fingerprint density at radius 3 is 1.17 bits per heavy atom. The van der Waals surface area contributed by atoms with Crippen molar-refractivity contribution in [2.75, 3.05) is 0 Å². The number of unbranched alkanes of at least 4 members (excludes halogenated alkanes) is 8. The fourth-order valence-corrected chi connectivity index (χ4v) is 7.20. The number of hydrogen-bond donors (Lipinski definition) is 0. The van der Waals surface area contributed by atoms with Gasteiger partial charge in [0, 0.05) is 11.1 Å². The van der Waals surface area contributed by atoms with Gasteiger partial charge in [-0.3, -0.25) is 0 Å². The van der Waals surface area contributed by atoms with E-state index < -0.39 is 0 Å². The number of hydrogen-bond acceptors (Lipinski definition) is 4. The third-order valence-electron chi connectivity index (χ3n) is 10.3. The molecule has 6 rings (SSSR count). The van der Waals surface area contributed by atoms with Gasteiger partial charge in [-0.15, -0.1) is 0 Å². The van der Waals surface area contributed by atoms with E-state index in [2.05, 4.69) is 113 Å². The van der Waals surface area contributed by atoms with Crippen molar-refractivity contribution in [3.05, 3.63) is 106 Å². The number of aromatic nitrogens is 2. The molecular weight excluding hydrogens is 637 g/mol. The molecule has 4 heteroatoms. The van der Waals surface area contributed by atoms with Crippen LogP contribution >= 0.6 is 0 Å². The lowest BCUT2D eigenvalue weighted by Crippen LogP contribution is -1.92. The highest BCUT2D eigenvalue weighted by Crippen LogP contribution is 2.32. The summed E-state index contributed by atoms with van der Waals surface area (Å²) in [5.74, 6) is 1.40. The summed E-state index contributed by atoms with van der Waals surface area (Å²) >= 11 is 0. The minimum Gasteiger partial charge on any atom is -0.436 e. The largest absolute Gasteiger partial charge is 0.436 e. The molecule has 0 aliphatic rings. The number of nitrogens with zero attached hydrogens (tertiary/aromatic N) is 2. The summed E-state index contributed by atoms with van der Waals surface area (Å²) in [4.78, 5) is 9.95. The van der Waals surface area contributed by atoms with E-state index in [0.717, 1.165) is 70.1 Å². The van der Waals surface area contributed by atoms with Gasteiger partial charge in [0.05, 0.1) is 0 Å². The van der Waals surface area contributed by atoms with Crippen molar-refractivity contribution in [3.63, 3.8) is 0 Å². The van der Waals surface area contributed by atoms with E-state index in [4.69, 9.17) is 18.8 Å². The fraction of sp³-hybridized carbons (Fsp3) is 0.417. The summed E-state index contributed by atoms with van der Waals surface area (Å²) < 4.78 is 12.9. The summed E-state index contributed by atoms with van der Waals surface area (Å²) in [5, 5.41) is 0. The summed E-state index contributed by atoms with van der Waals surface area (Å²) in [5.41, 5.74) is 13.5. The molecular formula is C48H58N2O2. The fourth-order valence-electron chi connectivity index (χ4n) is 7.20. The average molecular weight is 695 g/mol. The van der Waals surface area contributed by atoms with Crippen LogP contribution in [0.2, 0.25) is 0 Å². The Balaban J connectivity index is 1.15. The summed E-state index contributed by atoms with van der Waals surface area (Å²) in [6.45, 7) is 9.03. The zero-order chi connectivity index (χ0) is 36.1.